The second kappa shape index (κ2) is 8.58. The van der Waals surface area contributed by atoms with Gasteiger partial charge in [0, 0.05) is 5.56 Å². The average Bonchev–Trinajstić information content (AvgIpc) is 2.60. The van der Waals surface area contributed by atoms with Gasteiger partial charge in [-0.25, -0.2) is 0 Å². The number of hydrogen-bond donors (Lipinski definition) is 1. The van der Waals surface area contributed by atoms with Gasteiger partial charge in [0.25, 0.3) is 0 Å². The van der Waals surface area contributed by atoms with Crippen molar-refractivity contribution in [3.05, 3.63) is 52.0 Å². The van der Waals surface area contributed by atoms with Crippen LogP contribution in [0.15, 0.2) is 40.9 Å². The average molecular weight is 407 g/mol. The van der Waals surface area contributed by atoms with Gasteiger partial charge in [-0.2, -0.15) is 0 Å². The monoisotopic (exact) mass is 406 g/mol. The van der Waals surface area contributed by atoms with Crippen molar-refractivity contribution in [2.24, 2.45) is 0 Å². The van der Waals surface area contributed by atoms with Crippen LogP contribution in [0.1, 0.15) is 22.8 Å². The molecule has 0 spiro atoms. The molecule has 0 radical (unpaired) electrons. The first kappa shape index (κ1) is 18.9. The molecule has 2 aromatic carbocycles. The van der Waals surface area contributed by atoms with E-state index >= 15 is 0 Å². The summed E-state index contributed by atoms with van der Waals surface area (Å²) in [6.45, 7) is 2.39. The number of benzene rings is 2. The summed E-state index contributed by atoms with van der Waals surface area (Å²) in [6.07, 6.45) is 3.14. The highest BCUT2D eigenvalue weighted by Gasteiger charge is 2.11. The second-order valence-electron chi connectivity index (χ2n) is 5.05. The first-order chi connectivity index (χ1) is 12.0. The Balaban J connectivity index is 2.28. The zero-order valence-corrected chi connectivity index (χ0v) is 15.8. The summed E-state index contributed by atoms with van der Waals surface area (Å²) in [5, 5.41) is 9.60. The largest absolute Gasteiger partial charge is 0.504 e. The van der Waals surface area contributed by atoms with Crippen molar-refractivity contribution in [2.45, 2.75) is 6.92 Å². The van der Waals surface area contributed by atoms with Crippen LogP contribution in [0.4, 0.5) is 0 Å². The minimum absolute atomic E-state index is 0.0107. The van der Waals surface area contributed by atoms with E-state index in [2.05, 4.69) is 15.9 Å². The van der Waals surface area contributed by atoms with Gasteiger partial charge in [-0.3, -0.25) is 4.79 Å². The van der Waals surface area contributed by atoms with Crippen LogP contribution in [0.5, 0.6) is 23.0 Å². The first-order valence-corrected chi connectivity index (χ1v) is 8.39. The molecule has 5 nitrogen and oxygen atoms in total. The summed E-state index contributed by atoms with van der Waals surface area (Å²) in [5.74, 6) is 1.24. The molecule has 1 N–H and O–H groups in total. The van der Waals surface area contributed by atoms with Crippen LogP contribution in [0.25, 0.3) is 6.08 Å². The predicted octanol–water partition coefficient (Wildman–Crippen LogP) is 4.47. The fraction of sp³-hybridized carbons (Fsp3) is 0.211. The smallest absolute Gasteiger partial charge is 0.185 e. The van der Waals surface area contributed by atoms with Gasteiger partial charge >= 0.3 is 0 Å². The molecule has 0 heterocycles. The van der Waals surface area contributed by atoms with Gasteiger partial charge in [0.05, 0.1) is 25.3 Å². The summed E-state index contributed by atoms with van der Waals surface area (Å²) >= 11 is 3.44. The highest BCUT2D eigenvalue weighted by Crippen LogP contribution is 2.37. The molecule has 0 bridgehead atoms. The van der Waals surface area contributed by atoms with Crippen molar-refractivity contribution in [2.75, 3.05) is 20.8 Å². The van der Waals surface area contributed by atoms with E-state index in [0.717, 1.165) is 10.0 Å². The summed E-state index contributed by atoms with van der Waals surface area (Å²) < 4.78 is 16.6. The van der Waals surface area contributed by atoms with Crippen molar-refractivity contribution in [1.29, 1.82) is 0 Å². The van der Waals surface area contributed by atoms with Crippen LogP contribution in [0.3, 0.4) is 0 Å². The molecule has 25 heavy (non-hydrogen) atoms. The van der Waals surface area contributed by atoms with Crippen LogP contribution < -0.4 is 14.2 Å². The lowest BCUT2D eigenvalue weighted by Crippen LogP contribution is -1.97. The molecule has 0 fully saturated rings. The Labute approximate surface area is 155 Å². The number of halogens is 1. The topological polar surface area (TPSA) is 65.0 Å². The third-order valence-electron chi connectivity index (χ3n) is 3.43. The Morgan fingerprint density at radius 1 is 1.16 bits per heavy atom. The number of carbonyl (C=O) groups excluding carboxylic acids is 1. The predicted molar refractivity (Wildman–Crippen MR) is 99.9 cm³/mol. The maximum atomic E-state index is 12.3. The van der Waals surface area contributed by atoms with Crippen LogP contribution in [-0.4, -0.2) is 31.7 Å². The van der Waals surface area contributed by atoms with Crippen LogP contribution >= 0.6 is 15.9 Å². The molecule has 2 rings (SSSR count). The maximum Gasteiger partial charge on any atom is 0.185 e. The highest BCUT2D eigenvalue weighted by molar-refractivity contribution is 9.10. The van der Waals surface area contributed by atoms with Crippen LogP contribution in [-0.2, 0) is 0 Å². The van der Waals surface area contributed by atoms with E-state index in [4.69, 9.17) is 14.2 Å². The van der Waals surface area contributed by atoms with Gasteiger partial charge in [0.15, 0.2) is 28.8 Å². The molecule has 0 saturated heterocycles. The first-order valence-electron chi connectivity index (χ1n) is 7.59. The number of allylic oxidation sites excluding steroid dienone is 1. The van der Waals surface area contributed by atoms with Crippen molar-refractivity contribution in [3.63, 3.8) is 0 Å². The second-order valence-corrected chi connectivity index (χ2v) is 5.91. The van der Waals surface area contributed by atoms with Crippen molar-refractivity contribution >= 4 is 27.8 Å². The summed E-state index contributed by atoms with van der Waals surface area (Å²) in [6, 6.07) is 8.10. The number of phenols is 1. The molecule has 0 aliphatic rings. The zero-order valence-electron chi connectivity index (χ0n) is 14.2. The number of hydrogen-bond acceptors (Lipinski definition) is 5. The van der Waals surface area contributed by atoms with E-state index in [1.807, 2.05) is 13.0 Å². The number of methoxy groups -OCH3 is 2. The number of rotatable bonds is 7. The number of ketones is 1. The van der Waals surface area contributed by atoms with Gasteiger partial charge in [-0.15, -0.1) is 0 Å². The Hall–Kier alpha value is -2.47. The molecule has 0 aromatic heterocycles. The zero-order chi connectivity index (χ0) is 18.4. The molecule has 0 aliphatic heterocycles. The van der Waals surface area contributed by atoms with Crippen molar-refractivity contribution in [1.82, 2.24) is 0 Å². The molecule has 6 heteroatoms. The molecule has 0 atom stereocenters. The molecule has 0 saturated carbocycles. The minimum Gasteiger partial charge on any atom is -0.504 e. The summed E-state index contributed by atoms with van der Waals surface area (Å²) in [4.78, 5) is 12.3. The lowest BCUT2D eigenvalue weighted by atomic mass is 10.1. The number of phenolic OH excluding ortho intramolecular Hbond substituents is 1. The van der Waals surface area contributed by atoms with E-state index in [1.54, 1.807) is 25.3 Å². The van der Waals surface area contributed by atoms with E-state index in [-0.39, 0.29) is 17.3 Å². The number of carbonyl (C=O) groups is 1. The maximum absolute atomic E-state index is 12.3. The highest BCUT2D eigenvalue weighted by atomic mass is 79.9. The molecular weight excluding hydrogens is 388 g/mol. The Morgan fingerprint density at radius 3 is 2.56 bits per heavy atom. The van der Waals surface area contributed by atoms with Gasteiger partial charge in [0.2, 0.25) is 0 Å². The minimum atomic E-state index is -0.205. The van der Waals surface area contributed by atoms with Crippen molar-refractivity contribution in [3.8, 4) is 23.0 Å². The quantitative estimate of drug-likeness (QED) is 0.542. The molecule has 0 amide bonds. The third-order valence-corrected chi connectivity index (χ3v) is 4.02. The Bertz CT molecular complexity index is 799. The van der Waals surface area contributed by atoms with Gasteiger partial charge in [-0.05, 0) is 64.8 Å². The fourth-order valence-corrected chi connectivity index (χ4v) is 2.87. The van der Waals surface area contributed by atoms with Gasteiger partial charge < -0.3 is 19.3 Å². The summed E-state index contributed by atoms with van der Waals surface area (Å²) in [7, 11) is 3.00. The Morgan fingerprint density at radius 2 is 1.92 bits per heavy atom. The Kier molecular flexibility index (Phi) is 6.47. The molecule has 0 aliphatic carbocycles. The van der Waals surface area contributed by atoms with Gasteiger partial charge in [0.1, 0.15) is 0 Å². The fourth-order valence-electron chi connectivity index (χ4n) is 2.24. The van der Waals surface area contributed by atoms with E-state index in [1.165, 1.54) is 25.3 Å². The normalized spacial score (nSPS) is 10.7. The van der Waals surface area contributed by atoms with E-state index in [9.17, 15) is 9.90 Å². The van der Waals surface area contributed by atoms with Gasteiger partial charge in [-0.1, -0.05) is 6.08 Å². The molecule has 2 aromatic rings. The summed E-state index contributed by atoms with van der Waals surface area (Å²) in [5.41, 5.74) is 1.21. The number of aromatic hydroxyl groups is 1. The van der Waals surface area contributed by atoms with Crippen LogP contribution in [0, 0.1) is 0 Å². The lowest BCUT2D eigenvalue weighted by Gasteiger charge is -2.12. The lowest BCUT2D eigenvalue weighted by molar-refractivity contribution is 0.104. The van der Waals surface area contributed by atoms with E-state index < -0.39 is 0 Å². The number of ether oxygens (including phenoxy) is 3. The molecule has 0 unspecified atom stereocenters. The van der Waals surface area contributed by atoms with Crippen LogP contribution in [0.2, 0.25) is 0 Å². The standard InChI is InChI=1S/C19H19BrO5/c1-4-25-18-10-12(9-14(20)19(18)24-3)5-7-15(21)13-6-8-16(22)17(11-13)23-2/h5-11,22H,4H2,1-3H3/b7-5+. The third kappa shape index (κ3) is 4.54. The molecular formula is C19H19BrO5. The van der Waals surface area contributed by atoms with E-state index in [0.29, 0.717) is 23.7 Å². The SMILES string of the molecule is CCOc1cc(/C=C/C(=O)c2ccc(O)c(OC)c2)cc(Br)c1OC. The molecule has 132 valence electrons. The van der Waals surface area contributed by atoms with Crippen molar-refractivity contribution < 1.29 is 24.1 Å².